The van der Waals surface area contributed by atoms with Gasteiger partial charge in [0.15, 0.2) is 0 Å². The molecule has 0 aliphatic heterocycles. The van der Waals surface area contributed by atoms with E-state index >= 15 is 0 Å². The van der Waals surface area contributed by atoms with Crippen molar-refractivity contribution in [2.45, 2.75) is 0 Å². The molecule has 0 amide bonds. The van der Waals surface area contributed by atoms with E-state index in [0.29, 0.717) is 0 Å². The monoisotopic (exact) mass is 1260 g/mol. The Labute approximate surface area is 533 Å². The molecular formula is C78H40N2S8. The van der Waals surface area contributed by atoms with Crippen LogP contribution in [0.5, 0.6) is 0 Å². The van der Waals surface area contributed by atoms with Gasteiger partial charge in [0.25, 0.3) is 0 Å². The SMILES string of the molecule is c1ccc2c(c1)sc1c(-c3ccc4c(c3)sc3c5sc6cc(-c7cccc8c7sc7ccccc78)ccc6n6c7ccc(-c8cccc9c8sc8ccccc89)cc7sc(c7sc8cc(-c9cccc%10c9sc9ccccc9%10)ccc8n4c37)c56)cccc12. The molecule has 0 bridgehead atoms. The lowest BCUT2D eigenvalue weighted by atomic mass is 10.0. The molecule has 10 heteroatoms. The van der Waals surface area contributed by atoms with Gasteiger partial charge in [0.05, 0.1) is 70.7 Å². The smallest absolute Gasteiger partial charge is 0.0838 e. The van der Waals surface area contributed by atoms with Gasteiger partial charge in [-0.2, -0.15) is 0 Å². The summed E-state index contributed by atoms with van der Waals surface area (Å²) in [5, 5.41) is 10.6. The van der Waals surface area contributed by atoms with Crippen molar-refractivity contribution >= 4 is 242 Å². The molecule has 0 saturated heterocycles. The van der Waals surface area contributed by atoms with Crippen molar-refractivity contribution in [2.24, 2.45) is 0 Å². The van der Waals surface area contributed by atoms with Crippen molar-refractivity contribution in [1.82, 2.24) is 8.80 Å². The summed E-state index contributed by atoms with van der Waals surface area (Å²) in [7, 11) is 0. The van der Waals surface area contributed by atoms with Crippen molar-refractivity contribution in [3.8, 4) is 44.5 Å². The van der Waals surface area contributed by atoms with Crippen LogP contribution in [-0.4, -0.2) is 8.80 Å². The van der Waals surface area contributed by atoms with E-state index < -0.39 is 0 Å². The largest absolute Gasteiger partial charge is 0.305 e. The van der Waals surface area contributed by atoms with Crippen LogP contribution in [0.3, 0.4) is 0 Å². The molecule has 0 spiro atoms. The van der Waals surface area contributed by atoms with Gasteiger partial charge in [-0.25, -0.2) is 0 Å². The van der Waals surface area contributed by atoms with Crippen LogP contribution in [0.15, 0.2) is 243 Å². The molecule has 8 heterocycles. The molecule has 0 aliphatic carbocycles. The molecule has 21 rings (SSSR count). The second-order valence-electron chi connectivity index (χ2n) is 22.9. The number of nitrogens with zero attached hydrogens (tertiary/aromatic N) is 2. The number of aromatic nitrogens is 2. The second-order valence-corrected chi connectivity index (χ2v) is 31.4. The lowest BCUT2D eigenvalue weighted by Crippen LogP contribution is -1.99. The van der Waals surface area contributed by atoms with Crippen LogP contribution in [0.2, 0.25) is 0 Å². The zero-order valence-electron chi connectivity index (χ0n) is 46.3. The van der Waals surface area contributed by atoms with E-state index in [1.807, 2.05) is 90.7 Å². The Morgan fingerprint density at radius 2 is 0.409 bits per heavy atom. The molecule has 2 nitrogen and oxygen atoms in total. The summed E-state index contributed by atoms with van der Waals surface area (Å²) in [6.45, 7) is 0. The van der Waals surface area contributed by atoms with E-state index in [4.69, 9.17) is 0 Å². The van der Waals surface area contributed by atoms with E-state index in [9.17, 15) is 0 Å². The molecular weight excluding hydrogens is 1220 g/mol. The molecule has 0 aliphatic rings. The maximum absolute atomic E-state index is 2.65. The Bertz CT molecular complexity index is 5910. The van der Waals surface area contributed by atoms with E-state index in [2.05, 4.69) is 251 Å². The summed E-state index contributed by atoms with van der Waals surface area (Å²) in [6.07, 6.45) is 0. The molecule has 0 saturated carbocycles. The minimum atomic E-state index is 1.22. The molecule has 0 fully saturated rings. The summed E-state index contributed by atoms with van der Waals surface area (Å²) >= 11 is 15.5. The number of benzene rings is 13. The van der Waals surface area contributed by atoms with E-state index in [1.165, 1.54) is 196 Å². The molecule has 0 N–H and O–H groups in total. The van der Waals surface area contributed by atoms with Crippen LogP contribution < -0.4 is 0 Å². The van der Waals surface area contributed by atoms with Gasteiger partial charge in [0.1, 0.15) is 0 Å². The lowest BCUT2D eigenvalue weighted by molar-refractivity contribution is 1.33. The van der Waals surface area contributed by atoms with Crippen molar-refractivity contribution in [3.05, 3.63) is 243 Å². The van der Waals surface area contributed by atoms with Crippen LogP contribution >= 0.6 is 90.7 Å². The third-order valence-corrected chi connectivity index (χ3v) is 28.0. The Morgan fingerprint density at radius 1 is 0.182 bits per heavy atom. The summed E-state index contributed by atoms with van der Waals surface area (Å²) in [6, 6.07) is 92.2. The van der Waals surface area contributed by atoms with Crippen LogP contribution in [0.25, 0.3) is 196 Å². The summed E-state index contributed by atoms with van der Waals surface area (Å²) in [5.74, 6) is 0. The third kappa shape index (κ3) is 6.89. The molecule has 0 radical (unpaired) electrons. The quantitative estimate of drug-likeness (QED) is 0.123. The molecule has 21 aromatic rings. The van der Waals surface area contributed by atoms with Gasteiger partial charge in [0.2, 0.25) is 0 Å². The maximum Gasteiger partial charge on any atom is 0.0838 e. The number of hydrogen-bond acceptors (Lipinski definition) is 8. The fourth-order valence-electron chi connectivity index (χ4n) is 14.3. The predicted molar refractivity (Wildman–Crippen MR) is 396 cm³/mol. The highest BCUT2D eigenvalue weighted by Crippen LogP contribution is 2.53. The summed E-state index contributed by atoms with van der Waals surface area (Å²) in [5.41, 5.74) is 17.5. The lowest BCUT2D eigenvalue weighted by Gasteiger charge is -2.21. The first-order valence-electron chi connectivity index (χ1n) is 29.3. The molecule has 13 aromatic carbocycles. The summed E-state index contributed by atoms with van der Waals surface area (Å²) < 4.78 is 26.2. The van der Waals surface area contributed by atoms with Gasteiger partial charge < -0.3 is 8.80 Å². The molecule has 410 valence electrons. The third-order valence-electron chi connectivity index (χ3n) is 18.2. The fourth-order valence-corrected chi connectivity index (χ4v) is 24.5. The first-order chi connectivity index (χ1) is 43.6. The first kappa shape index (κ1) is 49.2. The Balaban J connectivity index is 0.902. The van der Waals surface area contributed by atoms with Crippen LogP contribution in [0.1, 0.15) is 0 Å². The molecule has 88 heavy (non-hydrogen) atoms. The van der Waals surface area contributed by atoms with E-state index in [-0.39, 0.29) is 0 Å². The zero-order valence-corrected chi connectivity index (χ0v) is 52.8. The summed E-state index contributed by atoms with van der Waals surface area (Å²) in [4.78, 5) is 0. The highest BCUT2D eigenvalue weighted by Gasteiger charge is 2.25. The van der Waals surface area contributed by atoms with Crippen molar-refractivity contribution in [1.29, 1.82) is 0 Å². The average molecular weight is 1260 g/mol. The van der Waals surface area contributed by atoms with Gasteiger partial charge in [-0.1, -0.05) is 170 Å². The highest BCUT2D eigenvalue weighted by atomic mass is 32.1. The van der Waals surface area contributed by atoms with Gasteiger partial charge in [-0.15, -0.1) is 90.7 Å². The zero-order chi connectivity index (χ0) is 57.0. The van der Waals surface area contributed by atoms with Crippen molar-refractivity contribution in [3.63, 3.8) is 0 Å². The molecule has 8 aromatic heterocycles. The van der Waals surface area contributed by atoms with Crippen LogP contribution in [0, 0.1) is 0 Å². The fraction of sp³-hybridized carbons (Fsp3) is 0. The highest BCUT2D eigenvalue weighted by molar-refractivity contribution is 7.36. The normalized spacial score (nSPS) is 12.5. The van der Waals surface area contributed by atoms with Gasteiger partial charge in [0, 0.05) is 80.7 Å². The van der Waals surface area contributed by atoms with Crippen LogP contribution in [-0.2, 0) is 0 Å². The Hall–Kier alpha value is -8.78. The van der Waals surface area contributed by atoms with Crippen molar-refractivity contribution in [2.75, 3.05) is 0 Å². The Morgan fingerprint density at radius 3 is 0.670 bits per heavy atom. The number of thiophene rings is 4. The average Bonchev–Trinajstić information content (AvgIpc) is 1.04. The van der Waals surface area contributed by atoms with Gasteiger partial charge >= 0.3 is 0 Å². The number of hydrogen-bond donors (Lipinski definition) is 0. The second kappa shape index (κ2) is 18.4. The molecule has 0 unspecified atom stereocenters. The standard InChI is InChI=1S/C78H40N2S8/c1-5-25-61-49(13-1)53-21-9-17-45(71(53)81-61)41-29-33-57-65(37-41)85-75-69-77(87-66-38-42(30-34-58(66)79(57)69)46-18-10-22-54-50-14-2-6-26-62(50)82-72(46)54)78-70-76(75)86-67-39-43(47-19-11-23-55-51-15-3-7-27-63(51)83-73(47)55)31-35-59(67)80(70)60-36-32-44(40-68(60)88-78)48-20-12-24-56-52-16-4-8-28-64(52)84-74(48)56/h1-40H. The van der Waals surface area contributed by atoms with E-state index in [1.54, 1.807) is 0 Å². The predicted octanol–water partition coefficient (Wildman–Crippen LogP) is 26.6. The minimum absolute atomic E-state index is 1.22. The van der Waals surface area contributed by atoms with Gasteiger partial charge in [-0.3, -0.25) is 0 Å². The van der Waals surface area contributed by atoms with Crippen LogP contribution in [0.4, 0.5) is 0 Å². The topological polar surface area (TPSA) is 8.82 Å². The van der Waals surface area contributed by atoms with Gasteiger partial charge in [-0.05, 0) is 117 Å². The number of fused-ring (bicyclic) bond motifs is 22. The minimum Gasteiger partial charge on any atom is -0.305 e. The first-order valence-corrected chi connectivity index (χ1v) is 35.9. The van der Waals surface area contributed by atoms with Crippen molar-refractivity contribution < 1.29 is 0 Å². The number of rotatable bonds is 4. The maximum atomic E-state index is 2.65. The molecule has 0 atom stereocenters. The van der Waals surface area contributed by atoms with E-state index in [0.717, 1.165) is 0 Å². The Kier molecular flexibility index (Phi) is 10.3.